The molecule has 6 nitrogen and oxygen atoms in total. The first-order chi connectivity index (χ1) is 19.7. The second-order valence-electron chi connectivity index (χ2n) is 9.64. The lowest BCUT2D eigenvalue weighted by Crippen LogP contribution is -2.45. The molecule has 1 N–H and O–H groups in total. The predicted molar refractivity (Wildman–Crippen MR) is 162 cm³/mol. The summed E-state index contributed by atoms with van der Waals surface area (Å²) in [5.74, 6) is 0.541. The number of carbonyl (C=O) groups excluding carboxylic acids is 1. The van der Waals surface area contributed by atoms with Crippen molar-refractivity contribution in [3.63, 3.8) is 0 Å². The molecule has 6 heteroatoms. The number of hydrogen-bond donors (Lipinski definition) is 1. The molecular weight excluding hydrogens is 494 g/mol. The van der Waals surface area contributed by atoms with E-state index in [0.29, 0.717) is 11.6 Å². The van der Waals surface area contributed by atoms with Crippen molar-refractivity contribution in [1.82, 2.24) is 4.90 Å². The lowest BCUT2D eigenvalue weighted by molar-refractivity contribution is -0.110. The fourth-order valence-electron chi connectivity index (χ4n) is 5.12. The lowest BCUT2D eigenvalue weighted by Gasteiger charge is -2.33. The molecule has 192 valence electrons. The van der Waals surface area contributed by atoms with Gasteiger partial charge in [-0.3, -0.25) is 9.69 Å². The number of hydrogen-bond acceptors (Lipinski definition) is 5. The second kappa shape index (κ2) is 10.0. The largest absolute Gasteiger partial charge is 0.319 e. The smallest absolute Gasteiger partial charge is 0.293 e. The van der Waals surface area contributed by atoms with Gasteiger partial charge in [-0.25, -0.2) is 4.99 Å². The Morgan fingerprint density at radius 3 is 2.10 bits per heavy atom. The summed E-state index contributed by atoms with van der Waals surface area (Å²) < 4.78 is 0. The number of fused-ring (bicyclic) bond motifs is 2. The normalized spacial score (nSPS) is 16.2. The number of anilines is 2. The Hall–Kier alpha value is -5.49. The highest BCUT2D eigenvalue weighted by molar-refractivity contribution is 6.47. The standard InChI is InChI=1S/C34H25N5O/c40-33(35-28-16-6-2-7-17-28)32-37-39(29-18-8-3-9-19-29)34-36-30(23-31(38(32)34)25-13-4-1-5-14-25)27-21-20-24-12-10-11-15-26(24)22-27/h1-23,31H,(H,35,40). The highest BCUT2D eigenvalue weighted by Crippen LogP contribution is 2.38. The van der Waals surface area contributed by atoms with Gasteiger partial charge in [-0.15, -0.1) is 5.10 Å². The van der Waals surface area contributed by atoms with E-state index in [9.17, 15) is 4.79 Å². The quantitative estimate of drug-likeness (QED) is 0.270. The Balaban J connectivity index is 1.38. The third-order valence-electron chi connectivity index (χ3n) is 7.06. The molecule has 5 aromatic rings. The van der Waals surface area contributed by atoms with Gasteiger partial charge in [-0.1, -0.05) is 103 Å². The van der Waals surface area contributed by atoms with E-state index in [-0.39, 0.29) is 17.8 Å². The van der Waals surface area contributed by atoms with Crippen molar-refractivity contribution in [3.05, 3.63) is 151 Å². The summed E-state index contributed by atoms with van der Waals surface area (Å²) in [4.78, 5) is 20.8. The Labute approximate surface area is 232 Å². The van der Waals surface area contributed by atoms with Gasteiger partial charge in [0.15, 0.2) is 0 Å². The van der Waals surface area contributed by atoms with E-state index in [1.807, 2.05) is 95.9 Å². The topological polar surface area (TPSA) is 60.3 Å². The average molecular weight is 520 g/mol. The Morgan fingerprint density at radius 1 is 0.700 bits per heavy atom. The molecule has 5 aromatic carbocycles. The summed E-state index contributed by atoms with van der Waals surface area (Å²) in [7, 11) is 0. The van der Waals surface area contributed by atoms with Gasteiger partial charge in [0.25, 0.3) is 5.91 Å². The molecular formula is C34H25N5O. The minimum atomic E-state index is -0.305. The maximum Gasteiger partial charge on any atom is 0.293 e. The molecule has 7 rings (SSSR count). The zero-order valence-corrected chi connectivity index (χ0v) is 21.6. The van der Waals surface area contributed by atoms with Gasteiger partial charge in [0.2, 0.25) is 11.8 Å². The van der Waals surface area contributed by atoms with Crippen molar-refractivity contribution in [3.8, 4) is 0 Å². The maximum atomic E-state index is 13.7. The minimum Gasteiger partial charge on any atom is -0.319 e. The fraction of sp³-hybridized carbons (Fsp3) is 0.0294. The molecule has 0 saturated carbocycles. The number of rotatable bonds is 5. The molecule has 1 atom stereocenters. The molecule has 0 spiro atoms. The zero-order chi connectivity index (χ0) is 26.9. The summed E-state index contributed by atoms with van der Waals surface area (Å²) in [5.41, 5.74) is 4.38. The lowest BCUT2D eigenvalue weighted by atomic mass is 9.99. The summed E-state index contributed by atoms with van der Waals surface area (Å²) in [6, 6.07) is 43.7. The van der Waals surface area contributed by atoms with Crippen molar-refractivity contribution < 1.29 is 4.79 Å². The van der Waals surface area contributed by atoms with E-state index in [2.05, 4.69) is 53.9 Å². The van der Waals surface area contributed by atoms with Crippen molar-refractivity contribution in [2.24, 2.45) is 10.1 Å². The molecule has 2 heterocycles. The van der Waals surface area contributed by atoms with Crippen LogP contribution in [0, 0.1) is 0 Å². The van der Waals surface area contributed by atoms with E-state index >= 15 is 0 Å². The Kier molecular flexibility index (Phi) is 5.90. The predicted octanol–water partition coefficient (Wildman–Crippen LogP) is 7.07. The number of guanidine groups is 1. The third-order valence-corrected chi connectivity index (χ3v) is 7.06. The van der Waals surface area contributed by atoms with Gasteiger partial charge < -0.3 is 5.32 Å². The summed E-state index contributed by atoms with van der Waals surface area (Å²) in [5, 5.41) is 11.9. The van der Waals surface area contributed by atoms with Crippen LogP contribution in [0.25, 0.3) is 16.5 Å². The van der Waals surface area contributed by atoms with E-state index in [1.165, 1.54) is 5.39 Å². The van der Waals surface area contributed by atoms with Crippen LogP contribution < -0.4 is 10.3 Å². The highest BCUT2D eigenvalue weighted by Gasteiger charge is 2.42. The highest BCUT2D eigenvalue weighted by atomic mass is 16.2. The molecule has 0 fully saturated rings. The Bertz CT molecular complexity index is 1800. The molecule has 1 unspecified atom stereocenters. The number of benzene rings is 5. The van der Waals surface area contributed by atoms with Crippen LogP contribution in [0.4, 0.5) is 11.4 Å². The summed E-state index contributed by atoms with van der Waals surface area (Å²) in [6.07, 6.45) is 2.11. The molecule has 0 saturated heterocycles. The van der Waals surface area contributed by atoms with Crippen LogP contribution >= 0.6 is 0 Å². The minimum absolute atomic E-state index is 0.272. The van der Waals surface area contributed by atoms with Crippen LogP contribution in [0.5, 0.6) is 0 Å². The molecule has 2 aliphatic heterocycles. The molecule has 0 radical (unpaired) electrons. The van der Waals surface area contributed by atoms with Gasteiger partial charge in [0.1, 0.15) is 0 Å². The number of nitrogens with zero attached hydrogens (tertiary/aromatic N) is 4. The average Bonchev–Trinajstić information content (AvgIpc) is 3.42. The number of nitrogens with one attached hydrogen (secondary N) is 1. The third kappa shape index (κ3) is 4.31. The van der Waals surface area contributed by atoms with Crippen LogP contribution in [0.2, 0.25) is 0 Å². The van der Waals surface area contributed by atoms with Crippen LogP contribution in [-0.4, -0.2) is 22.6 Å². The van der Waals surface area contributed by atoms with E-state index in [4.69, 9.17) is 10.1 Å². The molecule has 0 aliphatic carbocycles. The zero-order valence-electron chi connectivity index (χ0n) is 21.6. The Morgan fingerprint density at radius 2 is 1.35 bits per heavy atom. The van der Waals surface area contributed by atoms with Crippen LogP contribution in [0.1, 0.15) is 17.2 Å². The number of carbonyl (C=O) groups is 1. The number of amidine groups is 1. The molecule has 40 heavy (non-hydrogen) atoms. The monoisotopic (exact) mass is 519 g/mol. The van der Waals surface area contributed by atoms with Crippen molar-refractivity contribution in [1.29, 1.82) is 0 Å². The summed E-state index contributed by atoms with van der Waals surface area (Å²) in [6.45, 7) is 0. The van der Waals surface area contributed by atoms with Gasteiger partial charge in [-0.05, 0) is 52.7 Å². The molecule has 1 amide bonds. The van der Waals surface area contributed by atoms with Crippen molar-refractivity contribution >= 4 is 45.5 Å². The maximum absolute atomic E-state index is 13.7. The SMILES string of the molecule is O=C(Nc1ccccc1)C1=NN(c2ccccc2)C2=NC(c3ccc4ccccc4c3)=CC(c3ccccc3)N12. The van der Waals surface area contributed by atoms with Crippen molar-refractivity contribution in [2.45, 2.75) is 6.04 Å². The van der Waals surface area contributed by atoms with E-state index in [0.717, 1.165) is 27.9 Å². The van der Waals surface area contributed by atoms with Gasteiger partial charge in [0.05, 0.1) is 17.4 Å². The molecule has 2 aliphatic rings. The molecule has 0 aromatic heterocycles. The first-order valence-corrected chi connectivity index (χ1v) is 13.2. The second-order valence-corrected chi connectivity index (χ2v) is 9.64. The number of aliphatic imine (C=N–C) groups is 1. The van der Waals surface area contributed by atoms with E-state index in [1.54, 1.807) is 5.01 Å². The van der Waals surface area contributed by atoms with E-state index < -0.39 is 0 Å². The number of para-hydroxylation sites is 2. The summed E-state index contributed by atoms with van der Waals surface area (Å²) >= 11 is 0. The van der Waals surface area contributed by atoms with Gasteiger partial charge in [0, 0.05) is 11.3 Å². The van der Waals surface area contributed by atoms with Gasteiger partial charge in [-0.2, -0.15) is 5.01 Å². The first-order valence-electron chi connectivity index (χ1n) is 13.2. The van der Waals surface area contributed by atoms with Crippen molar-refractivity contribution in [2.75, 3.05) is 10.3 Å². The van der Waals surface area contributed by atoms with Crippen LogP contribution in [-0.2, 0) is 4.79 Å². The molecule has 0 bridgehead atoms. The van der Waals surface area contributed by atoms with Gasteiger partial charge >= 0.3 is 0 Å². The van der Waals surface area contributed by atoms with Crippen LogP contribution in [0.3, 0.4) is 0 Å². The first kappa shape index (κ1) is 23.6. The number of amides is 1. The number of hydrazone groups is 1. The van der Waals surface area contributed by atoms with Crippen LogP contribution in [0.15, 0.2) is 150 Å². The fourth-order valence-corrected chi connectivity index (χ4v) is 5.12.